The van der Waals surface area contributed by atoms with Gasteiger partial charge in [-0.3, -0.25) is 4.99 Å². The number of methoxy groups -OCH3 is 1. The van der Waals surface area contributed by atoms with Gasteiger partial charge in [-0.1, -0.05) is 6.07 Å². The molecule has 0 spiro atoms. The topological polar surface area (TPSA) is 46.1 Å². The lowest BCUT2D eigenvalue weighted by molar-refractivity contribution is 0.0625. The Morgan fingerprint density at radius 3 is 2.77 bits per heavy atom. The fourth-order valence-electron chi connectivity index (χ4n) is 3.09. The lowest BCUT2D eigenvalue weighted by atomic mass is 9.96. The standard InChI is InChI=1S/C19H30FN3O2.HI/c1-21-19(23(2)9-6-15-7-10-25-11-8-15)22-13-16-4-5-18(20)17(12-16)14-24-3;/h4-5,12,15H,6-11,13-14H2,1-3H3,(H,21,22);1H. The molecule has 0 radical (unpaired) electrons. The van der Waals surface area contributed by atoms with Gasteiger partial charge < -0.3 is 19.7 Å². The van der Waals surface area contributed by atoms with Gasteiger partial charge in [0.25, 0.3) is 0 Å². The summed E-state index contributed by atoms with van der Waals surface area (Å²) >= 11 is 0. The Bertz CT molecular complexity index is 566. The van der Waals surface area contributed by atoms with Crippen molar-refractivity contribution in [2.75, 3.05) is 41.0 Å². The first kappa shape index (κ1) is 23.1. The molecule has 5 nitrogen and oxygen atoms in total. The first-order chi connectivity index (χ1) is 12.1. The van der Waals surface area contributed by atoms with Gasteiger partial charge in [0.05, 0.1) is 6.61 Å². The van der Waals surface area contributed by atoms with Crippen molar-refractivity contribution in [2.45, 2.75) is 32.4 Å². The molecule has 0 bridgehead atoms. The van der Waals surface area contributed by atoms with Crippen LogP contribution < -0.4 is 5.32 Å². The molecule has 2 rings (SSSR count). The van der Waals surface area contributed by atoms with E-state index >= 15 is 0 Å². The SMILES string of the molecule is CN=C(NCc1ccc(F)c(COC)c1)N(C)CCC1CCOCC1.I. The highest BCUT2D eigenvalue weighted by Gasteiger charge is 2.15. The van der Waals surface area contributed by atoms with E-state index in [1.807, 2.05) is 6.07 Å². The average molecular weight is 479 g/mol. The molecule has 0 aromatic heterocycles. The number of guanidine groups is 1. The average Bonchev–Trinajstić information content (AvgIpc) is 2.64. The monoisotopic (exact) mass is 479 g/mol. The van der Waals surface area contributed by atoms with Gasteiger partial charge in [0, 0.05) is 53.1 Å². The van der Waals surface area contributed by atoms with Crippen LogP contribution >= 0.6 is 24.0 Å². The first-order valence-corrected chi connectivity index (χ1v) is 8.89. The molecule has 0 saturated carbocycles. The highest BCUT2D eigenvalue weighted by Crippen LogP contribution is 2.18. The van der Waals surface area contributed by atoms with Gasteiger partial charge in [-0.2, -0.15) is 0 Å². The van der Waals surface area contributed by atoms with E-state index in [2.05, 4.69) is 22.3 Å². The first-order valence-electron chi connectivity index (χ1n) is 8.89. The van der Waals surface area contributed by atoms with Gasteiger partial charge in [0.15, 0.2) is 5.96 Å². The summed E-state index contributed by atoms with van der Waals surface area (Å²) in [5.41, 5.74) is 1.58. The van der Waals surface area contributed by atoms with Crippen molar-refractivity contribution in [2.24, 2.45) is 10.9 Å². The van der Waals surface area contributed by atoms with E-state index in [4.69, 9.17) is 9.47 Å². The molecule has 1 aromatic carbocycles. The maximum absolute atomic E-state index is 13.7. The number of benzene rings is 1. The summed E-state index contributed by atoms with van der Waals surface area (Å²) in [6.45, 7) is 3.61. The van der Waals surface area contributed by atoms with Gasteiger partial charge in [-0.05, 0) is 42.9 Å². The molecule has 1 aliphatic rings. The molecule has 0 amide bonds. The zero-order valence-corrected chi connectivity index (χ0v) is 18.3. The molecule has 0 aliphatic carbocycles. The Labute approximate surface area is 173 Å². The van der Waals surface area contributed by atoms with Gasteiger partial charge in [0.2, 0.25) is 0 Å². The molecular weight excluding hydrogens is 448 g/mol. The quantitative estimate of drug-likeness (QED) is 0.370. The second-order valence-electron chi connectivity index (χ2n) is 6.53. The van der Waals surface area contributed by atoms with Gasteiger partial charge >= 0.3 is 0 Å². The van der Waals surface area contributed by atoms with Crippen molar-refractivity contribution in [3.05, 3.63) is 35.1 Å². The van der Waals surface area contributed by atoms with Gasteiger partial charge in [0.1, 0.15) is 5.82 Å². The third kappa shape index (κ3) is 7.36. The van der Waals surface area contributed by atoms with Crippen molar-refractivity contribution in [1.82, 2.24) is 10.2 Å². The Kier molecular flexibility index (Phi) is 11.1. The predicted octanol–water partition coefficient (Wildman–Crippen LogP) is 3.41. The molecule has 1 saturated heterocycles. The summed E-state index contributed by atoms with van der Waals surface area (Å²) in [5, 5.41) is 3.35. The zero-order chi connectivity index (χ0) is 18.1. The van der Waals surface area contributed by atoms with E-state index in [0.29, 0.717) is 12.1 Å². The summed E-state index contributed by atoms with van der Waals surface area (Å²) in [5.74, 6) is 1.36. The maximum atomic E-state index is 13.7. The molecular formula is C19H31FIN3O2. The minimum atomic E-state index is -0.233. The van der Waals surface area contributed by atoms with Crippen molar-refractivity contribution in [3.8, 4) is 0 Å². The minimum absolute atomic E-state index is 0. The Morgan fingerprint density at radius 2 is 2.12 bits per heavy atom. The number of nitrogens with zero attached hydrogens (tertiary/aromatic N) is 2. The van der Waals surface area contributed by atoms with Crippen LogP contribution in [0, 0.1) is 11.7 Å². The van der Waals surface area contributed by atoms with Crippen molar-refractivity contribution >= 4 is 29.9 Å². The summed E-state index contributed by atoms with van der Waals surface area (Å²) in [6.07, 6.45) is 3.45. The summed E-state index contributed by atoms with van der Waals surface area (Å²) in [6, 6.07) is 5.11. The molecule has 1 N–H and O–H groups in total. The van der Waals surface area contributed by atoms with Crippen LogP contribution in [0.2, 0.25) is 0 Å². The number of rotatable bonds is 7. The number of aliphatic imine (C=N–C) groups is 1. The predicted molar refractivity (Wildman–Crippen MR) is 114 cm³/mol. The van der Waals surface area contributed by atoms with Crippen LogP contribution in [0.4, 0.5) is 4.39 Å². The molecule has 1 aliphatic heterocycles. The fraction of sp³-hybridized carbons (Fsp3) is 0.632. The van der Waals surface area contributed by atoms with Crippen molar-refractivity contribution in [1.29, 1.82) is 0 Å². The molecule has 7 heteroatoms. The lowest BCUT2D eigenvalue weighted by Crippen LogP contribution is -2.39. The summed E-state index contributed by atoms with van der Waals surface area (Å²) in [7, 11) is 5.41. The van der Waals surface area contributed by atoms with Crippen LogP contribution in [0.1, 0.15) is 30.4 Å². The molecule has 0 unspecified atom stereocenters. The molecule has 1 fully saturated rings. The third-order valence-electron chi connectivity index (χ3n) is 4.65. The van der Waals surface area contributed by atoms with E-state index in [1.54, 1.807) is 20.2 Å². The number of ether oxygens (including phenoxy) is 2. The molecule has 0 atom stereocenters. The van der Waals surface area contributed by atoms with Crippen LogP contribution in [0.5, 0.6) is 0 Å². The number of nitrogens with one attached hydrogen (secondary N) is 1. The second-order valence-corrected chi connectivity index (χ2v) is 6.53. The van der Waals surface area contributed by atoms with Crippen LogP contribution in [0.15, 0.2) is 23.2 Å². The smallest absolute Gasteiger partial charge is 0.193 e. The number of halogens is 2. The van der Waals surface area contributed by atoms with E-state index in [9.17, 15) is 4.39 Å². The van der Waals surface area contributed by atoms with E-state index in [0.717, 1.165) is 56.5 Å². The van der Waals surface area contributed by atoms with E-state index < -0.39 is 0 Å². The molecule has 1 aromatic rings. The fourth-order valence-corrected chi connectivity index (χ4v) is 3.09. The van der Waals surface area contributed by atoms with Crippen LogP contribution in [0.25, 0.3) is 0 Å². The number of hydrogen-bond donors (Lipinski definition) is 1. The summed E-state index contributed by atoms with van der Waals surface area (Å²) < 4.78 is 24.1. The van der Waals surface area contributed by atoms with Gasteiger partial charge in [-0.15, -0.1) is 24.0 Å². The highest BCUT2D eigenvalue weighted by molar-refractivity contribution is 14.0. The van der Waals surface area contributed by atoms with E-state index in [-0.39, 0.29) is 36.4 Å². The lowest BCUT2D eigenvalue weighted by Gasteiger charge is -2.27. The Morgan fingerprint density at radius 1 is 1.38 bits per heavy atom. The van der Waals surface area contributed by atoms with E-state index in [1.165, 1.54) is 6.07 Å². The Balaban J connectivity index is 0.00000338. The largest absolute Gasteiger partial charge is 0.381 e. The third-order valence-corrected chi connectivity index (χ3v) is 4.65. The highest BCUT2D eigenvalue weighted by atomic mass is 127. The second kappa shape index (κ2) is 12.5. The van der Waals surface area contributed by atoms with Crippen LogP contribution in [0.3, 0.4) is 0 Å². The van der Waals surface area contributed by atoms with Crippen LogP contribution in [-0.4, -0.2) is 51.8 Å². The Hall–Kier alpha value is -0.930. The maximum Gasteiger partial charge on any atom is 0.193 e. The number of hydrogen-bond acceptors (Lipinski definition) is 3. The molecule has 1 heterocycles. The zero-order valence-electron chi connectivity index (χ0n) is 16.0. The normalized spacial score (nSPS) is 15.5. The minimum Gasteiger partial charge on any atom is -0.381 e. The van der Waals surface area contributed by atoms with Gasteiger partial charge in [-0.25, -0.2) is 4.39 Å². The van der Waals surface area contributed by atoms with Crippen molar-refractivity contribution < 1.29 is 13.9 Å². The summed E-state index contributed by atoms with van der Waals surface area (Å²) in [4.78, 5) is 6.50. The molecule has 26 heavy (non-hydrogen) atoms. The van der Waals surface area contributed by atoms with Crippen molar-refractivity contribution in [3.63, 3.8) is 0 Å². The van der Waals surface area contributed by atoms with Crippen LogP contribution in [-0.2, 0) is 22.6 Å². The molecule has 148 valence electrons.